The first kappa shape index (κ1) is 15.2. The SMILES string of the molecule is C=CCOC(=O)c1nnn(CCOC(F)(F)F)c1C. The number of aromatic nitrogens is 3. The maximum atomic E-state index is 11.8. The van der Waals surface area contributed by atoms with Crippen LogP contribution in [0, 0.1) is 6.92 Å². The van der Waals surface area contributed by atoms with E-state index < -0.39 is 18.9 Å². The van der Waals surface area contributed by atoms with E-state index in [1.807, 2.05) is 0 Å². The van der Waals surface area contributed by atoms with Crippen LogP contribution in [0.25, 0.3) is 0 Å². The zero-order chi connectivity index (χ0) is 14.5. The van der Waals surface area contributed by atoms with Gasteiger partial charge in [0.25, 0.3) is 0 Å². The summed E-state index contributed by atoms with van der Waals surface area (Å²) >= 11 is 0. The van der Waals surface area contributed by atoms with Gasteiger partial charge in [0.2, 0.25) is 0 Å². The first-order chi connectivity index (χ1) is 8.85. The van der Waals surface area contributed by atoms with E-state index in [1.165, 1.54) is 13.0 Å². The molecule has 106 valence electrons. The highest BCUT2D eigenvalue weighted by Gasteiger charge is 2.29. The van der Waals surface area contributed by atoms with Gasteiger partial charge in [-0.25, -0.2) is 9.48 Å². The van der Waals surface area contributed by atoms with E-state index in [1.54, 1.807) is 0 Å². The van der Waals surface area contributed by atoms with Gasteiger partial charge in [0.15, 0.2) is 5.69 Å². The molecule has 0 spiro atoms. The summed E-state index contributed by atoms with van der Waals surface area (Å²) < 4.78 is 44.8. The second kappa shape index (κ2) is 6.32. The lowest BCUT2D eigenvalue weighted by Crippen LogP contribution is -2.18. The lowest BCUT2D eigenvalue weighted by molar-refractivity contribution is -0.325. The number of rotatable bonds is 6. The molecule has 0 saturated carbocycles. The van der Waals surface area contributed by atoms with E-state index in [4.69, 9.17) is 4.74 Å². The smallest absolute Gasteiger partial charge is 0.457 e. The zero-order valence-corrected chi connectivity index (χ0v) is 10.1. The molecule has 9 heteroatoms. The molecule has 0 aliphatic heterocycles. The standard InChI is InChI=1S/C10H12F3N3O3/c1-3-5-18-9(17)8-7(2)16(15-14-8)4-6-19-10(11,12)13/h3H,1,4-6H2,2H3. The summed E-state index contributed by atoms with van der Waals surface area (Å²) in [4.78, 5) is 11.5. The summed E-state index contributed by atoms with van der Waals surface area (Å²) in [5, 5.41) is 7.11. The Kier molecular flexibility index (Phi) is 5.04. The Labute approximate surface area is 106 Å². The molecular formula is C10H12F3N3O3. The Hall–Kier alpha value is -1.90. The Morgan fingerprint density at radius 1 is 1.53 bits per heavy atom. The van der Waals surface area contributed by atoms with Crippen molar-refractivity contribution in [2.75, 3.05) is 13.2 Å². The minimum absolute atomic E-state index is 0.0162. The molecule has 0 saturated heterocycles. The molecule has 0 bridgehead atoms. The van der Waals surface area contributed by atoms with Crippen molar-refractivity contribution >= 4 is 5.97 Å². The summed E-state index contributed by atoms with van der Waals surface area (Å²) in [5.74, 6) is -0.708. The molecule has 1 aromatic rings. The van der Waals surface area contributed by atoms with Crippen molar-refractivity contribution in [1.29, 1.82) is 0 Å². The van der Waals surface area contributed by atoms with E-state index in [-0.39, 0.29) is 18.8 Å². The molecule has 0 aliphatic carbocycles. The van der Waals surface area contributed by atoms with E-state index in [9.17, 15) is 18.0 Å². The van der Waals surface area contributed by atoms with Gasteiger partial charge in [-0.2, -0.15) is 0 Å². The van der Waals surface area contributed by atoms with Crippen LogP contribution in [0.3, 0.4) is 0 Å². The number of hydrogen-bond acceptors (Lipinski definition) is 5. The summed E-state index contributed by atoms with van der Waals surface area (Å²) in [6.07, 6.45) is -3.31. The molecule has 1 heterocycles. The van der Waals surface area contributed by atoms with Crippen LogP contribution in [0.1, 0.15) is 16.2 Å². The largest absolute Gasteiger partial charge is 0.522 e. The van der Waals surface area contributed by atoms with Crippen LogP contribution in [-0.2, 0) is 16.0 Å². The van der Waals surface area contributed by atoms with Gasteiger partial charge in [0.05, 0.1) is 18.8 Å². The number of nitrogens with zero attached hydrogens (tertiary/aromatic N) is 3. The van der Waals surface area contributed by atoms with Crippen molar-refractivity contribution in [3.63, 3.8) is 0 Å². The van der Waals surface area contributed by atoms with Crippen LogP contribution in [0.4, 0.5) is 13.2 Å². The molecule has 0 amide bonds. The third-order valence-electron chi connectivity index (χ3n) is 2.08. The van der Waals surface area contributed by atoms with Crippen LogP contribution < -0.4 is 0 Å². The van der Waals surface area contributed by atoms with Crippen molar-refractivity contribution < 1.29 is 27.4 Å². The second-order valence-electron chi connectivity index (χ2n) is 3.43. The van der Waals surface area contributed by atoms with Gasteiger partial charge in [0.1, 0.15) is 6.61 Å². The number of hydrogen-bond donors (Lipinski definition) is 0. The fraction of sp³-hybridized carbons (Fsp3) is 0.500. The van der Waals surface area contributed by atoms with Crippen LogP contribution in [0.5, 0.6) is 0 Å². The number of carbonyl (C=O) groups is 1. The fourth-order valence-corrected chi connectivity index (χ4v) is 1.21. The Balaban J connectivity index is 2.60. The number of esters is 1. The predicted octanol–water partition coefficient (Wildman–Crippen LogP) is 1.47. The van der Waals surface area contributed by atoms with Gasteiger partial charge in [-0.15, -0.1) is 18.3 Å². The molecule has 0 unspecified atom stereocenters. The molecule has 1 aromatic heterocycles. The molecule has 0 radical (unpaired) electrons. The topological polar surface area (TPSA) is 66.2 Å². The average molecular weight is 279 g/mol. The molecule has 19 heavy (non-hydrogen) atoms. The second-order valence-corrected chi connectivity index (χ2v) is 3.43. The lowest BCUT2D eigenvalue weighted by atomic mass is 10.3. The maximum Gasteiger partial charge on any atom is 0.522 e. The number of carbonyl (C=O) groups excluding carboxylic acids is 1. The quantitative estimate of drug-likeness (QED) is 0.582. The molecule has 0 N–H and O–H groups in total. The first-order valence-electron chi connectivity index (χ1n) is 5.24. The van der Waals surface area contributed by atoms with Crippen LogP contribution in [0.2, 0.25) is 0 Å². The minimum atomic E-state index is -4.69. The van der Waals surface area contributed by atoms with Gasteiger partial charge < -0.3 is 4.74 Å². The van der Waals surface area contributed by atoms with E-state index in [2.05, 4.69) is 21.6 Å². The molecule has 6 nitrogen and oxygen atoms in total. The van der Waals surface area contributed by atoms with Gasteiger partial charge in [-0.05, 0) is 6.92 Å². The Morgan fingerprint density at radius 3 is 2.79 bits per heavy atom. The summed E-state index contributed by atoms with van der Waals surface area (Å²) in [5.41, 5.74) is 0.258. The molecule has 0 fully saturated rings. The Bertz CT molecular complexity index is 457. The van der Waals surface area contributed by atoms with Crippen molar-refractivity contribution in [1.82, 2.24) is 15.0 Å². The summed E-state index contributed by atoms with van der Waals surface area (Å²) in [6, 6.07) is 0. The number of halogens is 3. The van der Waals surface area contributed by atoms with Crippen molar-refractivity contribution in [2.24, 2.45) is 0 Å². The zero-order valence-electron chi connectivity index (χ0n) is 10.1. The average Bonchev–Trinajstić information content (AvgIpc) is 2.67. The van der Waals surface area contributed by atoms with Gasteiger partial charge in [-0.1, -0.05) is 17.9 Å². The maximum absolute atomic E-state index is 11.8. The van der Waals surface area contributed by atoms with E-state index in [0.717, 1.165) is 4.68 Å². The molecule has 0 atom stereocenters. The van der Waals surface area contributed by atoms with Gasteiger partial charge in [0, 0.05) is 0 Å². The molecule has 0 aromatic carbocycles. The van der Waals surface area contributed by atoms with Crippen LogP contribution in [-0.4, -0.2) is 40.5 Å². The van der Waals surface area contributed by atoms with Crippen molar-refractivity contribution in [3.8, 4) is 0 Å². The number of alkyl halides is 3. The lowest BCUT2D eigenvalue weighted by Gasteiger charge is -2.07. The minimum Gasteiger partial charge on any atom is -0.457 e. The predicted molar refractivity (Wildman–Crippen MR) is 57.2 cm³/mol. The normalized spacial score (nSPS) is 11.4. The molecule has 0 aliphatic rings. The number of ether oxygens (including phenoxy) is 2. The third kappa shape index (κ3) is 4.70. The first-order valence-corrected chi connectivity index (χ1v) is 5.24. The van der Waals surface area contributed by atoms with Gasteiger partial charge in [-0.3, -0.25) is 4.74 Å². The highest BCUT2D eigenvalue weighted by molar-refractivity contribution is 5.88. The summed E-state index contributed by atoms with van der Waals surface area (Å²) in [6.45, 7) is 4.10. The third-order valence-corrected chi connectivity index (χ3v) is 2.08. The van der Waals surface area contributed by atoms with Crippen molar-refractivity contribution in [2.45, 2.75) is 19.8 Å². The fourth-order valence-electron chi connectivity index (χ4n) is 1.21. The highest BCUT2D eigenvalue weighted by Crippen LogP contribution is 2.16. The van der Waals surface area contributed by atoms with E-state index >= 15 is 0 Å². The van der Waals surface area contributed by atoms with Gasteiger partial charge >= 0.3 is 12.3 Å². The monoisotopic (exact) mass is 279 g/mol. The summed E-state index contributed by atoms with van der Waals surface area (Å²) in [7, 11) is 0. The Morgan fingerprint density at radius 2 is 2.21 bits per heavy atom. The molecular weight excluding hydrogens is 267 g/mol. The highest BCUT2D eigenvalue weighted by atomic mass is 19.4. The van der Waals surface area contributed by atoms with E-state index in [0.29, 0.717) is 5.69 Å². The van der Waals surface area contributed by atoms with Crippen LogP contribution >= 0.6 is 0 Å². The van der Waals surface area contributed by atoms with Crippen LogP contribution in [0.15, 0.2) is 12.7 Å². The van der Waals surface area contributed by atoms with Crippen molar-refractivity contribution in [3.05, 3.63) is 24.0 Å². The molecule has 1 rings (SSSR count).